The van der Waals surface area contributed by atoms with Gasteiger partial charge < -0.3 is 15.7 Å². The number of aromatic nitrogens is 1. The second-order valence-electron chi connectivity index (χ2n) is 6.09. The molecule has 0 bridgehead atoms. The Bertz CT molecular complexity index is 769. The molecule has 0 aromatic carbocycles. The van der Waals surface area contributed by atoms with Gasteiger partial charge in [0.25, 0.3) is 16.1 Å². The zero-order valence-electron chi connectivity index (χ0n) is 15.7. The highest BCUT2D eigenvalue weighted by atomic mass is 32.2. The summed E-state index contributed by atoms with van der Waals surface area (Å²) >= 11 is 0. The second-order valence-corrected chi connectivity index (χ2v) is 8.06. The molecule has 28 heavy (non-hydrogen) atoms. The molecule has 0 fully saturated rings. The molecule has 11 nitrogen and oxygen atoms in total. The Labute approximate surface area is 163 Å². The van der Waals surface area contributed by atoms with Gasteiger partial charge in [-0.25, -0.2) is 9.52 Å². The number of ketones is 1. The molecule has 0 aliphatic rings. The summed E-state index contributed by atoms with van der Waals surface area (Å²) in [6, 6.07) is 2.19. The lowest BCUT2D eigenvalue weighted by Gasteiger charge is -2.16. The molecule has 0 saturated heterocycles. The summed E-state index contributed by atoms with van der Waals surface area (Å²) in [6.45, 7) is 0.215. The minimum Gasteiger partial charge on any atom is -0.465 e. The molecule has 0 aliphatic heterocycles. The highest BCUT2D eigenvalue weighted by Gasteiger charge is 2.26. The third kappa shape index (κ3) is 8.41. The Balaban J connectivity index is 2.50. The first-order chi connectivity index (χ1) is 13.1. The number of pyridine rings is 1. The van der Waals surface area contributed by atoms with Gasteiger partial charge in [0.05, 0.1) is 0 Å². The van der Waals surface area contributed by atoms with Crippen molar-refractivity contribution >= 4 is 28.0 Å². The first-order valence-corrected chi connectivity index (χ1v) is 9.95. The first kappa shape index (κ1) is 23.5. The van der Waals surface area contributed by atoms with Crippen molar-refractivity contribution in [1.82, 2.24) is 24.6 Å². The van der Waals surface area contributed by atoms with E-state index in [-0.39, 0.29) is 19.5 Å². The van der Waals surface area contributed by atoms with Crippen molar-refractivity contribution in [2.24, 2.45) is 0 Å². The molecule has 0 radical (unpaired) electrons. The van der Waals surface area contributed by atoms with E-state index in [0.717, 1.165) is 4.31 Å². The number of nitrogens with zero attached hydrogens (tertiary/aromatic N) is 2. The molecular formula is C16H25N5O6S. The summed E-state index contributed by atoms with van der Waals surface area (Å²) in [5.74, 6) is -1.81. The molecule has 1 heterocycles. The fourth-order valence-corrected chi connectivity index (χ4v) is 2.81. The Hall–Kier alpha value is -2.57. The predicted molar refractivity (Wildman–Crippen MR) is 100 cm³/mol. The highest BCUT2D eigenvalue weighted by Crippen LogP contribution is 2.04. The van der Waals surface area contributed by atoms with Crippen molar-refractivity contribution in [3.05, 3.63) is 30.1 Å². The largest absolute Gasteiger partial charge is 0.465 e. The molecule has 0 unspecified atom stereocenters. The number of Topliss-reactive ketones (excluding diaryl/α,β-unsaturated/α-hetero) is 1. The van der Waals surface area contributed by atoms with E-state index in [0.29, 0.717) is 18.4 Å². The summed E-state index contributed by atoms with van der Waals surface area (Å²) in [5, 5.41) is 13.4. The monoisotopic (exact) mass is 415 g/mol. The van der Waals surface area contributed by atoms with Gasteiger partial charge in [0.1, 0.15) is 6.04 Å². The van der Waals surface area contributed by atoms with Gasteiger partial charge in [0, 0.05) is 39.6 Å². The Kier molecular flexibility index (Phi) is 9.48. The van der Waals surface area contributed by atoms with E-state index in [2.05, 4.69) is 15.0 Å². The molecule has 1 rings (SSSR count). The highest BCUT2D eigenvalue weighted by molar-refractivity contribution is 7.87. The van der Waals surface area contributed by atoms with Crippen LogP contribution in [-0.2, 0) is 26.3 Å². The van der Waals surface area contributed by atoms with Crippen molar-refractivity contribution in [3.8, 4) is 0 Å². The van der Waals surface area contributed by atoms with Crippen LogP contribution < -0.4 is 15.4 Å². The summed E-state index contributed by atoms with van der Waals surface area (Å²) in [7, 11) is -0.770. The van der Waals surface area contributed by atoms with Gasteiger partial charge in [-0.15, -0.1) is 0 Å². The first-order valence-electron chi connectivity index (χ1n) is 8.51. The van der Waals surface area contributed by atoms with Gasteiger partial charge in [-0.3, -0.25) is 14.6 Å². The van der Waals surface area contributed by atoms with E-state index < -0.39 is 34.0 Å². The third-order valence-electron chi connectivity index (χ3n) is 3.70. The molecule has 0 saturated carbocycles. The van der Waals surface area contributed by atoms with Crippen LogP contribution in [0.4, 0.5) is 4.79 Å². The number of carbonyl (C=O) groups is 3. The number of hydrogen-bond donors (Lipinski definition) is 4. The quantitative estimate of drug-likeness (QED) is 0.264. The van der Waals surface area contributed by atoms with Crippen molar-refractivity contribution in [2.45, 2.75) is 31.8 Å². The lowest BCUT2D eigenvalue weighted by molar-refractivity contribution is -0.139. The van der Waals surface area contributed by atoms with E-state index >= 15 is 0 Å². The molecule has 156 valence electrons. The van der Waals surface area contributed by atoms with Crippen LogP contribution in [0.3, 0.4) is 0 Å². The third-order valence-corrected chi connectivity index (χ3v) is 5.23. The number of unbranched alkanes of at least 4 members (excludes halogenated alkanes) is 1. The van der Waals surface area contributed by atoms with Gasteiger partial charge in [-0.05, 0) is 30.9 Å². The minimum atomic E-state index is -3.54. The van der Waals surface area contributed by atoms with Crippen LogP contribution in [-0.4, -0.2) is 67.3 Å². The smallest absolute Gasteiger partial charge is 0.405 e. The SMILES string of the molecule is CN(C)S(=O)(=O)NCCCC[C@H](NC(=O)O)C(=O)C(=O)NCc1cccnc1. The van der Waals surface area contributed by atoms with Crippen LogP contribution >= 0.6 is 0 Å². The molecule has 0 spiro atoms. The summed E-state index contributed by atoms with van der Waals surface area (Å²) in [5.41, 5.74) is 0.694. The summed E-state index contributed by atoms with van der Waals surface area (Å²) in [6.07, 6.45) is 2.45. The van der Waals surface area contributed by atoms with Crippen LogP contribution in [0.15, 0.2) is 24.5 Å². The van der Waals surface area contributed by atoms with Crippen molar-refractivity contribution in [2.75, 3.05) is 20.6 Å². The van der Waals surface area contributed by atoms with Crippen LogP contribution in [0.25, 0.3) is 0 Å². The van der Waals surface area contributed by atoms with Crippen molar-refractivity contribution < 1.29 is 27.9 Å². The van der Waals surface area contributed by atoms with E-state index in [1.54, 1.807) is 18.3 Å². The van der Waals surface area contributed by atoms with Crippen LogP contribution in [0.1, 0.15) is 24.8 Å². The Morgan fingerprint density at radius 2 is 1.96 bits per heavy atom. The number of amides is 2. The number of hydrogen-bond acceptors (Lipinski definition) is 6. The number of carboxylic acid groups (broad SMARTS) is 1. The maximum absolute atomic E-state index is 12.2. The van der Waals surface area contributed by atoms with Gasteiger partial charge in [-0.2, -0.15) is 12.7 Å². The van der Waals surface area contributed by atoms with E-state index in [9.17, 15) is 22.8 Å². The lowest BCUT2D eigenvalue weighted by Crippen LogP contribution is -2.47. The molecule has 0 aliphatic carbocycles. The van der Waals surface area contributed by atoms with Gasteiger partial charge in [-0.1, -0.05) is 6.07 Å². The summed E-state index contributed by atoms with van der Waals surface area (Å²) < 4.78 is 26.5. The molecule has 12 heteroatoms. The average Bonchev–Trinajstić information content (AvgIpc) is 2.64. The number of nitrogens with one attached hydrogen (secondary N) is 3. The predicted octanol–water partition coefficient (Wildman–Crippen LogP) is -0.531. The molecule has 1 atom stereocenters. The normalized spacial score (nSPS) is 12.4. The molecule has 1 aromatic heterocycles. The van der Waals surface area contributed by atoms with E-state index in [1.807, 2.05) is 5.32 Å². The Morgan fingerprint density at radius 3 is 2.54 bits per heavy atom. The zero-order chi connectivity index (χ0) is 21.2. The van der Waals surface area contributed by atoms with Crippen LogP contribution in [0, 0.1) is 0 Å². The zero-order valence-corrected chi connectivity index (χ0v) is 16.5. The fourth-order valence-electron chi connectivity index (χ4n) is 2.15. The number of carbonyl (C=O) groups excluding carboxylic acids is 2. The summed E-state index contributed by atoms with van der Waals surface area (Å²) in [4.78, 5) is 39.1. The lowest BCUT2D eigenvalue weighted by atomic mass is 10.0. The maximum Gasteiger partial charge on any atom is 0.405 e. The van der Waals surface area contributed by atoms with E-state index in [4.69, 9.17) is 5.11 Å². The maximum atomic E-state index is 12.2. The van der Waals surface area contributed by atoms with Crippen molar-refractivity contribution in [3.63, 3.8) is 0 Å². The fraction of sp³-hybridized carbons (Fsp3) is 0.500. The number of rotatable bonds is 12. The standard InChI is InChI=1S/C16H25N5O6S/c1-21(2)28(26,27)19-9-4-3-7-13(20-16(24)25)14(22)15(23)18-11-12-6-5-8-17-10-12/h5-6,8,10,13,19-20H,3-4,7,9,11H2,1-2H3,(H,18,23)(H,24,25)/t13-/m0/s1. The van der Waals surface area contributed by atoms with Gasteiger partial charge >= 0.3 is 6.09 Å². The second kappa shape index (κ2) is 11.3. The molecule has 1 aromatic rings. The average molecular weight is 415 g/mol. The van der Waals surface area contributed by atoms with Crippen LogP contribution in [0.5, 0.6) is 0 Å². The Morgan fingerprint density at radius 1 is 1.25 bits per heavy atom. The van der Waals surface area contributed by atoms with Gasteiger partial charge in [0.15, 0.2) is 0 Å². The topological polar surface area (TPSA) is 158 Å². The molecule has 2 amide bonds. The van der Waals surface area contributed by atoms with Gasteiger partial charge in [0.2, 0.25) is 5.78 Å². The molecule has 4 N–H and O–H groups in total. The van der Waals surface area contributed by atoms with Crippen LogP contribution in [0.2, 0.25) is 0 Å². The minimum absolute atomic E-state index is 0.0646. The van der Waals surface area contributed by atoms with Crippen molar-refractivity contribution in [1.29, 1.82) is 0 Å². The molecular weight excluding hydrogens is 390 g/mol. The van der Waals surface area contributed by atoms with E-state index in [1.165, 1.54) is 20.3 Å².